The molecule has 190 valence electrons. The Bertz CT molecular complexity index is 1370. The van der Waals surface area contributed by atoms with Gasteiger partial charge in [-0.15, -0.1) is 0 Å². The third kappa shape index (κ3) is 6.01. The molecule has 11 heteroatoms. The number of hydrogen-bond donors (Lipinski definition) is 3. The number of methoxy groups -OCH3 is 1. The Morgan fingerprint density at radius 2 is 1.84 bits per heavy atom. The van der Waals surface area contributed by atoms with E-state index >= 15 is 0 Å². The van der Waals surface area contributed by atoms with E-state index in [2.05, 4.69) is 20.6 Å². The molecular formula is C26H21F3N4O4. The third-order valence-corrected chi connectivity index (χ3v) is 5.55. The van der Waals surface area contributed by atoms with E-state index in [1.165, 1.54) is 43.8 Å². The van der Waals surface area contributed by atoms with Crippen LogP contribution in [0.2, 0.25) is 0 Å². The van der Waals surface area contributed by atoms with Gasteiger partial charge in [-0.2, -0.15) is 13.2 Å². The van der Waals surface area contributed by atoms with Crippen LogP contribution in [-0.2, 0) is 22.2 Å². The molecule has 4 rings (SSSR count). The Labute approximate surface area is 209 Å². The molecule has 0 fully saturated rings. The SMILES string of the molecule is COc1ncc(C(=CC=CC(=O)Nc2cccc3c2CC(O)C(=O)N3)c2ccc(C(F)(F)F)cc2)cn1. The number of aliphatic hydroxyl groups excluding tert-OH is 1. The largest absolute Gasteiger partial charge is 0.467 e. The van der Waals surface area contributed by atoms with Gasteiger partial charge in [-0.3, -0.25) is 9.59 Å². The molecule has 2 amide bonds. The lowest BCUT2D eigenvalue weighted by atomic mass is 9.98. The lowest BCUT2D eigenvalue weighted by Crippen LogP contribution is -2.34. The van der Waals surface area contributed by atoms with Crippen molar-refractivity contribution in [2.45, 2.75) is 18.7 Å². The van der Waals surface area contributed by atoms with Crippen LogP contribution in [0.1, 0.15) is 22.3 Å². The zero-order valence-electron chi connectivity index (χ0n) is 19.4. The van der Waals surface area contributed by atoms with Gasteiger partial charge in [-0.1, -0.05) is 30.4 Å². The summed E-state index contributed by atoms with van der Waals surface area (Å²) in [5.41, 5.74) is 2.16. The molecule has 2 aromatic carbocycles. The Kier molecular flexibility index (Phi) is 7.35. The molecule has 1 aromatic heterocycles. The molecule has 0 spiro atoms. The molecule has 1 aliphatic heterocycles. The Morgan fingerprint density at radius 3 is 2.49 bits per heavy atom. The number of nitrogens with zero attached hydrogens (tertiary/aromatic N) is 2. The number of carbonyl (C=O) groups excluding carboxylic acids is 2. The van der Waals surface area contributed by atoms with Crippen molar-refractivity contribution in [2.24, 2.45) is 0 Å². The van der Waals surface area contributed by atoms with E-state index in [1.54, 1.807) is 24.3 Å². The number of anilines is 2. The van der Waals surface area contributed by atoms with Crippen LogP contribution in [0.5, 0.6) is 6.01 Å². The van der Waals surface area contributed by atoms with Crippen molar-refractivity contribution < 1.29 is 32.6 Å². The number of halogens is 3. The first kappa shape index (κ1) is 25.6. The minimum atomic E-state index is -4.47. The molecule has 0 radical (unpaired) electrons. The monoisotopic (exact) mass is 510 g/mol. The van der Waals surface area contributed by atoms with Crippen LogP contribution in [-0.4, -0.2) is 40.1 Å². The Hall–Kier alpha value is -4.51. The number of allylic oxidation sites excluding steroid dienone is 2. The highest BCUT2D eigenvalue weighted by Gasteiger charge is 2.30. The number of aromatic nitrogens is 2. The number of amides is 2. The van der Waals surface area contributed by atoms with Gasteiger partial charge < -0.3 is 20.5 Å². The number of fused-ring (bicyclic) bond motifs is 1. The number of ether oxygens (including phenoxy) is 1. The predicted octanol–water partition coefficient (Wildman–Crippen LogP) is 3.99. The summed E-state index contributed by atoms with van der Waals surface area (Å²) in [6.07, 6.45) is 1.51. The van der Waals surface area contributed by atoms with Crippen LogP contribution >= 0.6 is 0 Å². The van der Waals surface area contributed by atoms with Crippen LogP contribution in [0.25, 0.3) is 5.57 Å². The normalized spacial score (nSPS) is 15.8. The molecule has 1 atom stereocenters. The number of carbonyl (C=O) groups is 2. The minimum Gasteiger partial charge on any atom is -0.467 e. The first-order chi connectivity index (χ1) is 17.7. The smallest absolute Gasteiger partial charge is 0.416 e. The third-order valence-electron chi connectivity index (χ3n) is 5.55. The highest BCUT2D eigenvalue weighted by atomic mass is 19.4. The molecule has 0 bridgehead atoms. The van der Waals surface area contributed by atoms with Crippen LogP contribution in [0.4, 0.5) is 24.5 Å². The second-order valence-corrected chi connectivity index (χ2v) is 8.00. The summed E-state index contributed by atoms with van der Waals surface area (Å²) in [4.78, 5) is 32.4. The molecule has 1 unspecified atom stereocenters. The van der Waals surface area contributed by atoms with Crippen molar-refractivity contribution in [3.05, 3.63) is 95.3 Å². The molecule has 2 heterocycles. The van der Waals surface area contributed by atoms with Gasteiger partial charge in [0.05, 0.1) is 12.7 Å². The lowest BCUT2D eigenvalue weighted by Gasteiger charge is -2.23. The zero-order valence-corrected chi connectivity index (χ0v) is 19.4. The number of aliphatic hydroxyl groups is 1. The average Bonchev–Trinajstić information content (AvgIpc) is 2.87. The number of rotatable bonds is 6. The second-order valence-electron chi connectivity index (χ2n) is 8.00. The van der Waals surface area contributed by atoms with Gasteiger partial charge in [0.15, 0.2) is 0 Å². The fourth-order valence-electron chi connectivity index (χ4n) is 3.71. The van der Waals surface area contributed by atoms with Crippen LogP contribution < -0.4 is 15.4 Å². The molecule has 0 saturated heterocycles. The van der Waals surface area contributed by atoms with Gasteiger partial charge in [0.1, 0.15) is 6.10 Å². The fraction of sp³-hybridized carbons (Fsp3) is 0.154. The van der Waals surface area contributed by atoms with Crippen molar-refractivity contribution in [2.75, 3.05) is 17.7 Å². The van der Waals surface area contributed by atoms with E-state index in [0.717, 1.165) is 12.1 Å². The van der Waals surface area contributed by atoms with Gasteiger partial charge in [0, 0.05) is 47.4 Å². The van der Waals surface area contributed by atoms with Crippen molar-refractivity contribution in [1.82, 2.24) is 9.97 Å². The number of hydrogen-bond acceptors (Lipinski definition) is 6. The molecule has 0 saturated carbocycles. The summed E-state index contributed by atoms with van der Waals surface area (Å²) in [5.74, 6) is -1.01. The Morgan fingerprint density at radius 1 is 1.14 bits per heavy atom. The van der Waals surface area contributed by atoms with Gasteiger partial charge in [0.2, 0.25) is 5.91 Å². The lowest BCUT2D eigenvalue weighted by molar-refractivity contribution is -0.137. The summed E-state index contributed by atoms with van der Waals surface area (Å²) in [6, 6.07) is 9.67. The standard InChI is InChI=1S/C26H21F3N4O4/c1-37-25-30-13-16(14-31-25)18(15-8-10-17(11-9-15)26(27,28)29)4-2-7-23(35)32-20-5-3-6-21-19(20)12-22(34)24(36)33-21/h2-11,13-14,22,34H,12H2,1H3,(H,32,35)(H,33,36). The van der Waals surface area contributed by atoms with E-state index < -0.39 is 29.7 Å². The van der Waals surface area contributed by atoms with Gasteiger partial charge in [0.25, 0.3) is 5.91 Å². The first-order valence-corrected chi connectivity index (χ1v) is 11.0. The zero-order chi connectivity index (χ0) is 26.6. The molecule has 1 aliphatic rings. The number of alkyl halides is 3. The van der Waals surface area contributed by atoms with Crippen molar-refractivity contribution in [3.8, 4) is 6.01 Å². The summed E-state index contributed by atoms with van der Waals surface area (Å²) in [6.45, 7) is 0. The quantitative estimate of drug-likeness (QED) is 0.342. The van der Waals surface area contributed by atoms with Crippen molar-refractivity contribution in [1.29, 1.82) is 0 Å². The summed E-state index contributed by atoms with van der Waals surface area (Å²) in [5, 5.41) is 15.2. The summed E-state index contributed by atoms with van der Waals surface area (Å²) < 4.78 is 44.0. The molecule has 3 aromatic rings. The summed E-state index contributed by atoms with van der Waals surface area (Å²) in [7, 11) is 1.40. The molecule has 0 aliphatic carbocycles. The van der Waals surface area contributed by atoms with Crippen molar-refractivity contribution in [3.63, 3.8) is 0 Å². The average molecular weight is 510 g/mol. The minimum absolute atomic E-state index is 0.0524. The van der Waals surface area contributed by atoms with Crippen LogP contribution in [0.15, 0.2) is 73.1 Å². The molecular weight excluding hydrogens is 489 g/mol. The van der Waals surface area contributed by atoms with E-state index in [-0.39, 0.29) is 12.4 Å². The molecule has 3 N–H and O–H groups in total. The Balaban J connectivity index is 1.59. The first-order valence-electron chi connectivity index (χ1n) is 11.0. The van der Waals surface area contributed by atoms with E-state index in [1.807, 2.05) is 0 Å². The second kappa shape index (κ2) is 10.6. The predicted molar refractivity (Wildman–Crippen MR) is 130 cm³/mol. The fourth-order valence-corrected chi connectivity index (χ4v) is 3.71. The highest BCUT2D eigenvalue weighted by Crippen LogP contribution is 2.32. The maximum Gasteiger partial charge on any atom is 0.416 e. The van der Waals surface area contributed by atoms with E-state index in [0.29, 0.717) is 33.6 Å². The van der Waals surface area contributed by atoms with Gasteiger partial charge in [-0.25, -0.2) is 9.97 Å². The van der Waals surface area contributed by atoms with E-state index in [4.69, 9.17) is 4.74 Å². The van der Waals surface area contributed by atoms with Gasteiger partial charge in [-0.05, 0) is 35.4 Å². The van der Waals surface area contributed by atoms with Gasteiger partial charge >= 0.3 is 12.2 Å². The van der Waals surface area contributed by atoms with Crippen molar-refractivity contribution >= 4 is 28.8 Å². The maximum atomic E-state index is 13.0. The molecule has 37 heavy (non-hydrogen) atoms. The maximum absolute atomic E-state index is 13.0. The van der Waals surface area contributed by atoms with E-state index in [9.17, 15) is 27.9 Å². The van der Waals surface area contributed by atoms with Crippen LogP contribution in [0, 0.1) is 0 Å². The molecule has 8 nitrogen and oxygen atoms in total. The van der Waals surface area contributed by atoms with Crippen LogP contribution in [0.3, 0.4) is 0 Å². The number of nitrogens with one attached hydrogen (secondary N) is 2. The number of benzene rings is 2. The summed E-state index contributed by atoms with van der Waals surface area (Å²) >= 11 is 0. The highest BCUT2D eigenvalue weighted by molar-refractivity contribution is 6.03. The topological polar surface area (TPSA) is 113 Å².